The summed E-state index contributed by atoms with van der Waals surface area (Å²) in [6, 6.07) is 5.35. The van der Waals surface area contributed by atoms with Crippen molar-refractivity contribution >= 4 is 34.5 Å². The van der Waals surface area contributed by atoms with Crippen LogP contribution in [0.5, 0.6) is 0 Å². The summed E-state index contributed by atoms with van der Waals surface area (Å²) in [4.78, 5) is 15.8. The number of aromatic nitrogens is 1. The molecule has 3 N–H and O–H groups in total. The second-order valence-corrected chi connectivity index (χ2v) is 4.77. The summed E-state index contributed by atoms with van der Waals surface area (Å²) in [5.41, 5.74) is 6.61. The average molecular weight is 268 g/mol. The summed E-state index contributed by atoms with van der Waals surface area (Å²) in [7, 11) is 0. The van der Waals surface area contributed by atoms with E-state index < -0.39 is 5.91 Å². The fraction of sp³-hybridized carbons (Fsp3) is 0.0909. The number of rotatable bonds is 4. The van der Waals surface area contributed by atoms with Gasteiger partial charge in [0.25, 0.3) is 0 Å². The standard InChI is InChI=1S/C11H10ClN3OS/c12-10-4-8(1-2-14-10)15-5-9-3-7(6-17-9)11(13)16/h1-4,6H,5H2,(H2,13,16)(H,14,15). The Balaban J connectivity index is 2.00. The first-order chi connectivity index (χ1) is 8.15. The number of anilines is 1. The van der Waals surface area contributed by atoms with Gasteiger partial charge in [-0.3, -0.25) is 4.79 Å². The molecule has 0 radical (unpaired) electrons. The molecule has 0 unspecified atom stereocenters. The Morgan fingerprint density at radius 3 is 3.00 bits per heavy atom. The highest BCUT2D eigenvalue weighted by Gasteiger charge is 2.04. The van der Waals surface area contributed by atoms with Crippen LogP contribution in [-0.4, -0.2) is 10.9 Å². The number of nitrogens with two attached hydrogens (primary N) is 1. The third kappa shape index (κ3) is 3.18. The van der Waals surface area contributed by atoms with Gasteiger partial charge in [0.05, 0.1) is 5.56 Å². The van der Waals surface area contributed by atoms with E-state index in [9.17, 15) is 4.79 Å². The van der Waals surface area contributed by atoms with E-state index in [-0.39, 0.29) is 0 Å². The number of carbonyl (C=O) groups excluding carboxylic acids is 1. The normalized spacial score (nSPS) is 10.2. The number of hydrogen-bond donors (Lipinski definition) is 2. The van der Waals surface area contributed by atoms with Crippen LogP contribution in [0.4, 0.5) is 5.69 Å². The van der Waals surface area contributed by atoms with Crippen molar-refractivity contribution in [3.05, 3.63) is 45.4 Å². The topological polar surface area (TPSA) is 68.0 Å². The third-order valence-corrected chi connectivity index (χ3v) is 3.28. The molecular weight excluding hydrogens is 258 g/mol. The van der Waals surface area contributed by atoms with Gasteiger partial charge in [-0.2, -0.15) is 0 Å². The van der Waals surface area contributed by atoms with Crippen molar-refractivity contribution in [2.45, 2.75) is 6.54 Å². The van der Waals surface area contributed by atoms with Crippen LogP contribution in [0.25, 0.3) is 0 Å². The molecule has 0 saturated heterocycles. The van der Waals surface area contributed by atoms with Crippen LogP contribution in [0.1, 0.15) is 15.2 Å². The zero-order valence-electron chi connectivity index (χ0n) is 8.81. The number of thiophene rings is 1. The quantitative estimate of drug-likeness (QED) is 0.837. The third-order valence-electron chi connectivity index (χ3n) is 2.13. The van der Waals surface area contributed by atoms with E-state index in [1.807, 2.05) is 6.07 Å². The van der Waals surface area contributed by atoms with Gasteiger partial charge in [0, 0.05) is 28.7 Å². The van der Waals surface area contributed by atoms with Gasteiger partial charge in [-0.15, -0.1) is 11.3 Å². The maximum Gasteiger partial charge on any atom is 0.249 e. The van der Waals surface area contributed by atoms with E-state index in [1.165, 1.54) is 11.3 Å². The van der Waals surface area contributed by atoms with Crippen molar-refractivity contribution in [1.29, 1.82) is 0 Å². The molecular formula is C11H10ClN3OS. The summed E-state index contributed by atoms with van der Waals surface area (Å²) >= 11 is 7.25. The van der Waals surface area contributed by atoms with Crippen molar-refractivity contribution in [1.82, 2.24) is 4.98 Å². The van der Waals surface area contributed by atoms with Crippen molar-refractivity contribution in [2.75, 3.05) is 5.32 Å². The molecule has 0 bridgehead atoms. The second kappa shape index (κ2) is 5.16. The first kappa shape index (κ1) is 11.9. The molecule has 0 atom stereocenters. The van der Waals surface area contributed by atoms with Crippen molar-refractivity contribution < 1.29 is 4.79 Å². The highest BCUT2D eigenvalue weighted by molar-refractivity contribution is 7.10. The molecule has 0 aliphatic carbocycles. The van der Waals surface area contributed by atoms with E-state index in [0.717, 1.165) is 10.6 Å². The monoisotopic (exact) mass is 267 g/mol. The van der Waals surface area contributed by atoms with Crippen LogP contribution in [0.15, 0.2) is 29.8 Å². The smallest absolute Gasteiger partial charge is 0.249 e. The number of halogens is 1. The van der Waals surface area contributed by atoms with Gasteiger partial charge in [-0.25, -0.2) is 4.98 Å². The van der Waals surface area contributed by atoms with E-state index in [4.69, 9.17) is 17.3 Å². The fourth-order valence-corrected chi connectivity index (χ4v) is 2.29. The predicted octanol–water partition coefficient (Wildman–Crippen LogP) is 2.51. The summed E-state index contributed by atoms with van der Waals surface area (Å²) in [5.74, 6) is -0.403. The maximum atomic E-state index is 10.9. The Kier molecular flexibility index (Phi) is 3.61. The van der Waals surface area contributed by atoms with Crippen molar-refractivity contribution in [3.63, 3.8) is 0 Å². The van der Waals surface area contributed by atoms with Gasteiger partial charge in [-0.1, -0.05) is 11.6 Å². The minimum Gasteiger partial charge on any atom is -0.380 e. The molecule has 0 fully saturated rings. The van der Waals surface area contributed by atoms with Gasteiger partial charge in [0.2, 0.25) is 5.91 Å². The van der Waals surface area contributed by atoms with Crippen molar-refractivity contribution in [3.8, 4) is 0 Å². The lowest BCUT2D eigenvalue weighted by molar-refractivity contribution is 0.100. The first-order valence-corrected chi connectivity index (χ1v) is 6.13. The second-order valence-electron chi connectivity index (χ2n) is 3.39. The number of primary amides is 1. The van der Waals surface area contributed by atoms with E-state index in [0.29, 0.717) is 17.3 Å². The molecule has 0 aliphatic heterocycles. The van der Waals surface area contributed by atoms with E-state index >= 15 is 0 Å². The zero-order valence-corrected chi connectivity index (χ0v) is 10.4. The molecule has 0 aliphatic rings. The van der Waals surface area contributed by atoms with Crippen LogP contribution >= 0.6 is 22.9 Å². The van der Waals surface area contributed by atoms with Crippen LogP contribution in [0.3, 0.4) is 0 Å². The lowest BCUT2D eigenvalue weighted by Gasteiger charge is -2.04. The number of hydrogen-bond acceptors (Lipinski definition) is 4. The molecule has 0 aromatic carbocycles. The van der Waals surface area contributed by atoms with E-state index in [2.05, 4.69) is 10.3 Å². The Labute approximate surface area is 107 Å². The Bertz CT molecular complexity index is 541. The van der Waals surface area contributed by atoms with Gasteiger partial charge >= 0.3 is 0 Å². The van der Waals surface area contributed by atoms with Crippen LogP contribution in [0, 0.1) is 0 Å². The molecule has 2 aromatic rings. The number of nitrogens with zero attached hydrogens (tertiary/aromatic N) is 1. The summed E-state index contributed by atoms with van der Waals surface area (Å²) in [6.45, 7) is 0.623. The number of nitrogens with one attached hydrogen (secondary N) is 1. The van der Waals surface area contributed by atoms with Gasteiger partial charge in [0.1, 0.15) is 5.15 Å². The number of amides is 1. The molecule has 2 heterocycles. The van der Waals surface area contributed by atoms with Crippen molar-refractivity contribution in [2.24, 2.45) is 5.73 Å². The Hall–Kier alpha value is -1.59. The fourth-order valence-electron chi connectivity index (χ4n) is 1.30. The highest BCUT2D eigenvalue weighted by Crippen LogP contribution is 2.17. The Morgan fingerprint density at radius 2 is 2.35 bits per heavy atom. The number of carbonyl (C=O) groups is 1. The highest BCUT2D eigenvalue weighted by atomic mass is 35.5. The molecule has 88 valence electrons. The van der Waals surface area contributed by atoms with Gasteiger partial charge < -0.3 is 11.1 Å². The summed E-state index contributed by atoms with van der Waals surface area (Å²) < 4.78 is 0. The molecule has 6 heteroatoms. The molecule has 2 aromatic heterocycles. The summed E-state index contributed by atoms with van der Waals surface area (Å²) in [5, 5.41) is 5.38. The maximum absolute atomic E-state index is 10.9. The molecule has 4 nitrogen and oxygen atoms in total. The minimum absolute atomic E-state index is 0.403. The molecule has 17 heavy (non-hydrogen) atoms. The predicted molar refractivity (Wildman–Crippen MR) is 69.4 cm³/mol. The van der Waals surface area contributed by atoms with Gasteiger partial charge in [-0.05, 0) is 18.2 Å². The minimum atomic E-state index is -0.403. The Morgan fingerprint density at radius 1 is 1.53 bits per heavy atom. The molecule has 0 saturated carbocycles. The molecule has 1 amide bonds. The molecule has 2 rings (SSSR count). The SMILES string of the molecule is NC(=O)c1csc(CNc2ccnc(Cl)c2)c1. The van der Waals surface area contributed by atoms with Crippen LogP contribution in [0.2, 0.25) is 5.15 Å². The summed E-state index contributed by atoms with van der Waals surface area (Å²) in [6.07, 6.45) is 1.63. The lowest BCUT2D eigenvalue weighted by Crippen LogP contribution is -2.09. The average Bonchev–Trinajstić information content (AvgIpc) is 2.75. The lowest BCUT2D eigenvalue weighted by atomic mass is 10.3. The number of pyridine rings is 1. The van der Waals surface area contributed by atoms with Gasteiger partial charge in [0.15, 0.2) is 0 Å². The largest absolute Gasteiger partial charge is 0.380 e. The first-order valence-electron chi connectivity index (χ1n) is 4.88. The zero-order chi connectivity index (χ0) is 12.3. The molecule has 0 spiro atoms. The van der Waals surface area contributed by atoms with Crippen LogP contribution < -0.4 is 11.1 Å². The van der Waals surface area contributed by atoms with Crippen LogP contribution in [-0.2, 0) is 6.54 Å². The van der Waals surface area contributed by atoms with E-state index in [1.54, 1.807) is 23.7 Å².